The molecule has 20 heavy (non-hydrogen) atoms. The average molecular weight is 344 g/mol. The zero-order chi connectivity index (χ0) is 14.7. The molecule has 1 aliphatic rings. The second kappa shape index (κ2) is 6.21. The fourth-order valence-electron chi connectivity index (χ4n) is 2.29. The van der Waals surface area contributed by atoms with E-state index in [4.69, 9.17) is 10.9 Å². The normalized spacial score (nSPS) is 17.3. The molecule has 0 radical (unpaired) electrons. The molecule has 5 nitrogen and oxygen atoms in total. The van der Waals surface area contributed by atoms with Crippen molar-refractivity contribution in [1.82, 2.24) is 4.90 Å². The van der Waals surface area contributed by atoms with Crippen LogP contribution in [0.1, 0.15) is 23.2 Å². The number of hydrogen-bond acceptors (Lipinski definition) is 3. The Morgan fingerprint density at radius 2 is 2.10 bits per heavy atom. The molecule has 2 rings (SSSR count). The number of carbonyl (C=O) groups excluding carboxylic acids is 1. The first-order chi connectivity index (χ1) is 9.52. The van der Waals surface area contributed by atoms with Gasteiger partial charge in [-0.1, -0.05) is 5.16 Å². The summed E-state index contributed by atoms with van der Waals surface area (Å²) in [5, 5.41) is 11.6. The summed E-state index contributed by atoms with van der Waals surface area (Å²) in [6.45, 7) is 1.01. The van der Waals surface area contributed by atoms with Crippen molar-refractivity contribution in [2.45, 2.75) is 12.8 Å². The minimum absolute atomic E-state index is 0.0139. The van der Waals surface area contributed by atoms with Gasteiger partial charge in [-0.25, -0.2) is 4.39 Å². The maximum absolute atomic E-state index is 13.2. The van der Waals surface area contributed by atoms with Crippen molar-refractivity contribution in [2.24, 2.45) is 16.8 Å². The van der Waals surface area contributed by atoms with Gasteiger partial charge in [0.2, 0.25) is 0 Å². The van der Waals surface area contributed by atoms with E-state index in [9.17, 15) is 9.18 Å². The molecule has 0 saturated carbocycles. The SMILES string of the molecule is NC(=NO)C1CCN(C(=O)c2cc(F)ccc2Br)CC1. The molecule has 0 spiro atoms. The highest BCUT2D eigenvalue weighted by atomic mass is 79.9. The Balaban J connectivity index is 2.07. The summed E-state index contributed by atoms with van der Waals surface area (Å²) in [4.78, 5) is 14.0. The number of carbonyl (C=O) groups is 1. The van der Waals surface area contributed by atoms with Gasteiger partial charge in [-0.15, -0.1) is 0 Å². The molecule has 1 saturated heterocycles. The number of hydrogen-bond donors (Lipinski definition) is 2. The van der Waals surface area contributed by atoms with Crippen LogP contribution in [0.25, 0.3) is 0 Å². The van der Waals surface area contributed by atoms with Gasteiger partial charge in [0, 0.05) is 23.5 Å². The van der Waals surface area contributed by atoms with Crippen molar-refractivity contribution in [3.63, 3.8) is 0 Å². The number of likely N-dealkylation sites (tertiary alicyclic amines) is 1. The first-order valence-electron chi connectivity index (χ1n) is 6.24. The van der Waals surface area contributed by atoms with Crippen LogP contribution in [0.5, 0.6) is 0 Å². The lowest BCUT2D eigenvalue weighted by molar-refractivity contribution is 0.0707. The molecule has 1 heterocycles. The minimum atomic E-state index is -0.442. The lowest BCUT2D eigenvalue weighted by Gasteiger charge is -2.31. The van der Waals surface area contributed by atoms with Crippen LogP contribution in [-0.4, -0.2) is 34.9 Å². The van der Waals surface area contributed by atoms with Gasteiger partial charge in [0.25, 0.3) is 5.91 Å². The third-order valence-corrected chi connectivity index (χ3v) is 4.17. The maximum atomic E-state index is 13.2. The number of benzene rings is 1. The number of nitrogens with zero attached hydrogens (tertiary/aromatic N) is 2. The lowest BCUT2D eigenvalue weighted by Crippen LogP contribution is -2.42. The highest BCUT2D eigenvalue weighted by Crippen LogP contribution is 2.23. The first kappa shape index (κ1) is 14.8. The van der Waals surface area contributed by atoms with Crippen LogP contribution in [0.3, 0.4) is 0 Å². The fourth-order valence-corrected chi connectivity index (χ4v) is 2.71. The van der Waals surface area contributed by atoms with Gasteiger partial charge in [0.05, 0.1) is 5.56 Å². The van der Waals surface area contributed by atoms with Crippen LogP contribution in [0.15, 0.2) is 27.8 Å². The molecule has 0 unspecified atom stereocenters. The Morgan fingerprint density at radius 3 is 2.70 bits per heavy atom. The van der Waals surface area contributed by atoms with Crippen LogP contribution in [-0.2, 0) is 0 Å². The molecule has 0 aliphatic carbocycles. The van der Waals surface area contributed by atoms with Gasteiger partial charge >= 0.3 is 0 Å². The first-order valence-corrected chi connectivity index (χ1v) is 7.04. The number of amidine groups is 1. The van der Waals surface area contributed by atoms with Crippen LogP contribution in [0.4, 0.5) is 4.39 Å². The Bertz CT molecular complexity index is 542. The molecule has 0 bridgehead atoms. The van der Waals surface area contributed by atoms with Gasteiger partial charge in [-0.3, -0.25) is 4.79 Å². The van der Waals surface area contributed by atoms with Gasteiger partial charge in [0.15, 0.2) is 0 Å². The van der Waals surface area contributed by atoms with Crippen molar-refractivity contribution < 1.29 is 14.4 Å². The molecular weight excluding hydrogens is 329 g/mol. The van der Waals surface area contributed by atoms with E-state index in [0.717, 1.165) is 0 Å². The quantitative estimate of drug-likeness (QED) is 0.374. The number of rotatable bonds is 2. The predicted molar refractivity (Wildman–Crippen MR) is 76.1 cm³/mol. The molecule has 1 aromatic carbocycles. The smallest absolute Gasteiger partial charge is 0.255 e. The highest BCUT2D eigenvalue weighted by molar-refractivity contribution is 9.10. The van der Waals surface area contributed by atoms with E-state index in [2.05, 4.69) is 21.1 Å². The highest BCUT2D eigenvalue weighted by Gasteiger charge is 2.26. The van der Waals surface area contributed by atoms with E-state index in [1.807, 2.05) is 0 Å². The summed E-state index contributed by atoms with van der Waals surface area (Å²) >= 11 is 3.26. The number of halogens is 2. The largest absolute Gasteiger partial charge is 0.409 e. The van der Waals surface area contributed by atoms with Crippen molar-refractivity contribution in [1.29, 1.82) is 0 Å². The monoisotopic (exact) mass is 343 g/mol. The summed E-state index contributed by atoms with van der Waals surface area (Å²) in [5.74, 6) is -0.471. The van der Waals surface area contributed by atoms with Gasteiger partial charge < -0.3 is 15.8 Å². The van der Waals surface area contributed by atoms with E-state index < -0.39 is 5.82 Å². The number of oxime groups is 1. The summed E-state index contributed by atoms with van der Waals surface area (Å²) in [6.07, 6.45) is 1.27. The maximum Gasteiger partial charge on any atom is 0.255 e. The molecular formula is C13H15BrFN3O2. The second-order valence-corrected chi connectivity index (χ2v) is 5.57. The summed E-state index contributed by atoms with van der Waals surface area (Å²) in [7, 11) is 0. The Kier molecular flexibility index (Phi) is 4.59. The number of piperidine rings is 1. The van der Waals surface area contributed by atoms with Crippen molar-refractivity contribution >= 4 is 27.7 Å². The Hall–Kier alpha value is -1.63. The Labute approximate surface area is 124 Å². The van der Waals surface area contributed by atoms with Crippen molar-refractivity contribution in [2.75, 3.05) is 13.1 Å². The topological polar surface area (TPSA) is 78.9 Å². The minimum Gasteiger partial charge on any atom is -0.409 e. The van der Waals surface area contributed by atoms with E-state index in [1.165, 1.54) is 18.2 Å². The van der Waals surface area contributed by atoms with Gasteiger partial charge in [-0.05, 0) is 47.0 Å². The number of amides is 1. The van der Waals surface area contributed by atoms with E-state index in [1.54, 1.807) is 4.90 Å². The van der Waals surface area contributed by atoms with E-state index in [-0.39, 0.29) is 17.7 Å². The molecule has 3 N–H and O–H groups in total. The predicted octanol–water partition coefficient (Wildman–Crippen LogP) is 2.19. The van der Waals surface area contributed by atoms with Gasteiger partial charge in [0.1, 0.15) is 11.7 Å². The zero-order valence-corrected chi connectivity index (χ0v) is 12.3. The van der Waals surface area contributed by atoms with Crippen molar-refractivity contribution in [3.8, 4) is 0 Å². The third kappa shape index (κ3) is 3.09. The standard InChI is InChI=1S/C13H15BrFN3O2/c14-11-2-1-9(15)7-10(11)13(19)18-5-3-8(4-6-18)12(16)17-20/h1-2,7-8,20H,3-6H2,(H2,16,17). The summed E-state index contributed by atoms with van der Waals surface area (Å²) in [6, 6.07) is 4.04. The number of nitrogens with two attached hydrogens (primary N) is 1. The molecule has 1 aliphatic heterocycles. The summed E-state index contributed by atoms with van der Waals surface area (Å²) in [5.41, 5.74) is 5.88. The van der Waals surface area contributed by atoms with Crippen LogP contribution in [0.2, 0.25) is 0 Å². The van der Waals surface area contributed by atoms with Crippen molar-refractivity contribution in [3.05, 3.63) is 34.1 Å². The van der Waals surface area contributed by atoms with Crippen LogP contribution < -0.4 is 5.73 Å². The van der Waals surface area contributed by atoms with E-state index in [0.29, 0.717) is 36.0 Å². The fraction of sp³-hybridized carbons (Fsp3) is 0.385. The molecule has 0 atom stereocenters. The second-order valence-electron chi connectivity index (χ2n) is 4.72. The summed E-state index contributed by atoms with van der Waals surface area (Å²) < 4.78 is 13.8. The molecule has 108 valence electrons. The van der Waals surface area contributed by atoms with E-state index >= 15 is 0 Å². The van der Waals surface area contributed by atoms with Gasteiger partial charge in [-0.2, -0.15) is 0 Å². The molecule has 1 amide bonds. The molecule has 7 heteroatoms. The average Bonchev–Trinajstić information content (AvgIpc) is 2.48. The zero-order valence-electron chi connectivity index (χ0n) is 10.7. The third-order valence-electron chi connectivity index (χ3n) is 3.47. The molecule has 0 aromatic heterocycles. The van der Waals surface area contributed by atoms with Crippen LogP contribution >= 0.6 is 15.9 Å². The lowest BCUT2D eigenvalue weighted by atomic mass is 9.95. The Morgan fingerprint density at radius 1 is 1.45 bits per heavy atom. The molecule has 1 fully saturated rings. The molecule has 1 aromatic rings. The van der Waals surface area contributed by atoms with Crippen LogP contribution in [0, 0.1) is 11.7 Å².